The second kappa shape index (κ2) is 9.84. The smallest absolute Gasteiger partial charge is 0.227 e. The Morgan fingerprint density at radius 3 is 2.81 bits per heavy atom. The van der Waals surface area contributed by atoms with Crippen LogP contribution < -0.4 is 10.1 Å². The average Bonchev–Trinajstić information content (AvgIpc) is 3.23. The maximum atomic E-state index is 11.6. The van der Waals surface area contributed by atoms with Crippen molar-refractivity contribution in [3.63, 3.8) is 0 Å². The van der Waals surface area contributed by atoms with E-state index in [1.165, 1.54) is 6.92 Å². The predicted octanol–water partition coefficient (Wildman–Crippen LogP) is 4.55. The molecule has 32 heavy (non-hydrogen) atoms. The standard InChI is InChI=1S/C24H23N5O3/c1-3-10-31-11-12-32-19-6-8-25-23(15-19)21-7-9-26-24(29-21)27-18-4-5-20-17(13-18)14-22(28-20)16(2)30/h3-9,13-15,28H,1,10-12H2,2H3,(H,26,27,29). The Morgan fingerprint density at radius 1 is 1.09 bits per heavy atom. The highest BCUT2D eigenvalue weighted by molar-refractivity contribution is 5.98. The highest BCUT2D eigenvalue weighted by Gasteiger charge is 2.08. The SMILES string of the molecule is C=CCOCCOc1ccnc(-c2ccnc(Nc3ccc4[nH]c(C(C)=O)cc4c3)n2)c1. The summed E-state index contributed by atoms with van der Waals surface area (Å²) in [6.45, 7) is 6.55. The summed E-state index contributed by atoms with van der Waals surface area (Å²) in [4.78, 5) is 28.0. The minimum atomic E-state index is -0.00487. The van der Waals surface area contributed by atoms with Gasteiger partial charge in [0.15, 0.2) is 5.78 Å². The van der Waals surface area contributed by atoms with Gasteiger partial charge in [-0.1, -0.05) is 6.08 Å². The maximum Gasteiger partial charge on any atom is 0.227 e. The van der Waals surface area contributed by atoms with E-state index in [0.717, 1.165) is 16.6 Å². The number of ether oxygens (including phenoxy) is 2. The lowest BCUT2D eigenvalue weighted by molar-refractivity contribution is 0.101. The molecule has 162 valence electrons. The van der Waals surface area contributed by atoms with Crippen LogP contribution in [0.3, 0.4) is 0 Å². The van der Waals surface area contributed by atoms with Crippen LogP contribution in [0.2, 0.25) is 0 Å². The van der Waals surface area contributed by atoms with Gasteiger partial charge in [0.1, 0.15) is 12.4 Å². The number of rotatable bonds is 10. The number of aromatic nitrogens is 4. The minimum absolute atomic E-state index is 0.00487. The number of benzene rings is 1. The van der Waals surface area contributed by atoms with Crippen molar-refractivity contribution in [2.45, 2.75) is 6.92 Å². The Morgan fingerprint density at radius 2 is 1.97 bits per heavy atom. The third-order valence-electron chi connectivity index (χ3n) is 4.64. The van der Waals surface area contributed by atoms with E-state index in [0.29, 0.717) is 48.6 Å². The molecule has 3 heterocycles. The van der Waals surface area contributed by atoms with Gasteiger partial charge >= 0.3 is 0 Å². The number of fused-ring (bicyclic) bond motifs is 1. The van der Waals surface area contributed by atoms with Crippen LogP contribution in [-0.2, 0) is 4.74 Å². The Kier molecular flexibility index (Phi) is 6.52. The predicted molar refractivity (Wildman–Crippen MR) is 123 cm³/mol. The third-order valence-corrected chi connectivity index (χ3v) is 4.64. The number of hydrogen-bond acceptors (Lipinski definition) is 7. The zero-order valence-electron chi connectivity index (χ0n) is 17.7. The molecule has 1 aromatic carbocycles. The lowest BCUT2D eigenvalue weighted by atomic mass is 10.2. The van der Waals surface area contributed by atoms with Crippen molar-refractivity contribution < 1.29 is 14.3 Å². The second-order valence-corrected chi connectivity index (χ2v) is 7.02. The second-order valence-electron chi connectivity index (χ2n) is 7.02. The van der Waals surface area contributed by atoms with Gasteiger partial charge in [0, 0.05) is 42.0 Å². The molecule has 0 bridgehead atoms. The molecule has 8 heteroatoms. The van der Waals surface area contributed by atoms with Gasteiger partial charge < -0.3 is 19.8 Å². The van der Waals surface area contributed by atoms with Gasteiger partial charge in [-0.25, -0.2) is 9.97 Å². The topological polar surface area (TPSA) is 102 Å². The first kappa shape index (κ1) is 21.2. The molecule has 2 N–H and O–H groups in total. The van der Waals surface area contributed by atoms with E-state index in [4.69, 9.17) is 9.47 Å². The third kappa shape index (κ3) is 5.16. The first-order valence-electron chi connectivity index (χ1n) is 10.1. The molecule has 8 nitrogen and oxygen atoms in total. The molecule has 4 aromatic rings. The first-order valence-corrected chi connectivity index (χ1v) is 10.1. The first-order chi connectivity index (χ1) is 15.6. The minimum Gasteiger partial charge on any atom is -0.491 e. The van der Waals surface area contributed by atoms with E-state index in [2.05, 4.69) is 31.8 Å². The maximum absolute atomic E-state index is 11.6. The summed E-state index contributed by atoms with van der Waals surface area (Å²) in [5.41, 5.74) is 3.63. The van der Waals surface area contributed by atoms with Crippen LogP contribution in [-0.4, -0.2) is 45.5 Å². The summed E-state index contributed by atoms with van der Waals surface area (Å²) in [5, 5.41) is 4.14. The van der Waals surface area contributed by atoms with Crippen molar-refractivity contribution in [2.24, 2.45) is 0 Å². The molecule has 0 radical (unpaired) electrons. The van der Waals surface area contributed by atoms with Crippen LogP contribution in [0.25, 0.3) is 22.3 Å². The van der Waals surface area contributed by atoms with Crippen molar-refractivity contribution in [1.82, 2.24) is 19.9 Å². The average molecular weight is 429 g/mol. The fourth-order valence-electron chi connectivity index (χ4n) is 3.12. The Balaban J connectivity index is 1.48. The number of carbonyl (C=O) groups is 1. The van der Waals surface area contributed by atoms with Crippen molar-refractivity contribution in [3.05, 3.63) is 73.2 Å². The van der Waals surface area contributed by atoms with Gasteiger partial charge in [0.05, 0.1) is 30.3 Å². The van der Waals surface area contributed by atoms with Crippen LogP contribution in [0.1, 0.15) is 17.4 Å². The van der Waals surface area contributed by atoms with Crippen molar-refractivity contribution >= 4 is 28.3 Å². The molecule has 0 amide bonds. The van der Waals surface area contributed by atoms with Gasteiger partial charge in [-0.15, -0.1) is 6.58 Å². The van der Waals surface area contributed by atoms with Crippen LogP contribution in [0.4, 0.5) is 11.6 Å². The fourth-order valence-corrected chi connectivity index (χ4v) is 3.12. The number of nitrogens with one attached hydrogen (secondary N) is 2. The van der Waals surface area contributed by atoms with Gasteiger partial charge in [-0.2, -0.15) is 0 Å². The van der Waals surface area contributed by atoms with Crippen molar-refractivity contribution in [3.8, 4) is 17.1 Å². The molecule has 0 aliphatic carbocycles. The molecule has 0 fully saturated rings. The fraction of sp³-hybridized carbons (Fsp3) is 0.167. The van der Waals surface area contributed by atoms with Crippen LogP contribution in [0.15, 0.2) is 67.5 Å². The Labute approximate surface area is 185 Å². The van der Waals surface area contributed by atoms with Gasteiger partial charge in [0.25, 0.3) is 0 Å². The zero-order chi connectivity index (χ0) is 22.3. The molecule has 0 aliphatic rings. The summed E-state index contributed by atoms with van der Waals surface area (Å²) in [5.74, 6) is 1.12. The molecular weight excluding hydrogens is 406 g/mol. The summed E-state index contributed by atoms with van der Waals surface area (Å²) < 4.78 is 11.0. The number of H-pyrrole nitrogens is 1. The van der Waals surface area contributed by atoms with E-state index >= 15 is 0 Å². The zero-order valence-corrected chi connectivity index (χ0v) is 17.7. The van der Waals surface area contributed by atoms with E-state index in [-0.39, 0.29) is 5.78 Å². The van der Waals surface area contributed by atoms with Crippen molar-refractivity contribution in [2.75, 3.05) is 25.1 Å². The van der Waals surface area contributed by atoms with Crippen LogP contribution in [0, 0.1) is 0 Å². The molecule has 0 spiro atoms. The lowest BCUT2D eigenvalue weighted by Crippen LogP contribution is -2.06. The molecule has 0 unspecified atom stereocenters. The number of ketones is 1. The molecule has 0 saturated heterocycles. The van der Waals surface area contributed by atoms with Gasteiger partial charge in [-0.05, 0) is 36.4 Å². The Hall–Kier alpha value is -4.04. The summed E-state index contributed by atoms with van der Waals surface area (Å²) in [6.07, 6.45) is 5.05. The quantitative estimate of drug-likeness (QED) is 0.217. The number of aromatic amines is 1. The van der Waals surface area contributed by atoms with Gasteiger partial charge in [-0.3, -0.25) is 9.78 Å². The highest BCUT2D eigenvalue weighted by atomic mass is 16.5. The number of hydrogen-bond donors (Lipinski definition) is 2. The number of pyridine rings is 1. The normalized spacial score (nSPS) is 10.8. The summed E-state index contributed by atoms with van der Waals surface area (Å²) >= 11 is 0. The highest BCUT2D eigenvalue weighted by Crippen LogP contribution is 2.24. The Bertz CT molecular complexity index is 1250. The number of Topliss-reactive ketones (excluding diaryl/α,β-unsaturated/α-hetero) is 1. The van der Waals surface area contributed by atoms with E-state index in [9.17, 15) is 4.79 Å². The molecule has 3 aromatic heterocycles. The van der Waals surface area contributed by atoms with E-state index < -0.39 is 0 Å². The monoisotopic (exact) mass is 429 g/mol. The van der Waals surface area contributed by atoms with E-state index in [1.54, 1.807) is 30.6 Å². The summed E-state index contributed by atoms with van der Waals surface area (Å²) in [6, 6.07) is 13.0. The van der Waals surface area contributed by atoms with Crippen molar-refractivity contribution in [1.29, 1.82) is 0 Å². The number of carbonyl (C=O) groups excluding carboxylic acids is 1. The molecule has 0 saturated carbocycles. The molecular formula is C24H23N5O3. The molecule has 0 aliphatic heterocycles. The van der Waals surface area contributed by atoms with Gasteiger partial charge in [0.2, 0.25) is 5.95 Å². The lowest BCUT2D eigenvalue weighted by Gasteiger charge is -2.09. The number of nitrogens with zero attached hydrogens (tertiary/aromatic N) is 3. The summed E-state index contributed by atoms with van der Waals surface area (Å²) in [7, 11) is 0. The molecule has 0 atom stereocenters. The molecule has 4 rings (SSSR count). The largest absolute Gasteiger partial charge is 0.491 e. The van der Waals surface area contributed by atoms with E-state index in [1.807, 2.05) is 30.3 Å². The van der Waals surface area contributed by atoms with Crippen LogP contribution >= 0.6 is 0 Å². The number of anilines is 2. The van der Waals surface area contributed by atoms with Crippen LogP contribution in [0.5, 0.6) is 5.75 Å².